The normalized spacial score (nSPS) is 19.8. The lowest BCUT2D eigenvalue weighted by Crippen LogP contribution is -2.26. The lowest BCUT2D eigenvalue weighted by molar-refractivity contribution is 0.331. The van der Waals surface area contributed by atoms with Gasteiger partial charge in [0.25, 0.3) is 5.56 Å². The molecule has 1 atom stereocenters. The van der Waals surface area contributed by atoms with Crippen molar-refractivity contribution in [2.24, 2.45) is 5.92 Å². The Hall–Kier alpha value is -1.39. The zero-order chi connectivity index (χ0) is 14.1. The molecule has 0 radical (unpaired) electrons. The summed E-state index contributed by atoms with van der Waals surface area (Å²) in [7, 11) is 0. The number of rotatable bonds is 3. The van der Waals surface area contributed by atoms with Gasteiger partial charge in [0, 0.05) is 18.1 Å². The monoisotopic (exact) mass is 291 g/mol. The predicted octanol–water partition coefficient (Wildman–Crippen LogP) is 2.39. The maximum atomic E-state index is 12.5. The summed E-state index contributed by atoms with van der Waals surface area (Å²) in [5.74, 6) is 0.533. The molecule has 5 heteroatoms. The molecule has 1 saturated heterocycles. The number of hydrogen-bond donors (Lipinski definition) is 0. The second kappa shape index (κ2) is 5.54. The van der Waals surface area contributed by atoms with Crippen LogP contribution in [0.15, 0.2) is 29.3 Å². The second-order valence-electron chi connectivity index (χ2n) is 5.41. The third-order valence-corrected chi connectivity index (χ3v) is 4.29. The summed E-state index contributed by atoms with van der Waals surface area (Å²) in [6.07, 6.45) is 2.81. The quantitative estimate of drug-likeness (QED) is 0.871. The molecule has 4 nitrogen and oxygen atoms in total. The van der Waals surface area contributed by atoms with Gasteiger partial charge in [-0.1, -0.05) is 18.5 Å². The van der Waals surface area contributed by atoms with Crippen LogP contribution in [0.5, 0.6) is 0 Å². The predicted molar refractivity (Wildman–Crippen MR) is 81.2 cm³/mol. The first-order valence-corrected chi connectivity index (χ1v) is 7.42. The van der Waals surface area contributed by atoms with Crippen molar-refractivity contribution in [2.75, 3.05) is 19.6 Å². The smallest absolute Gasteiger partial charge is 0.261 e. The van der Waals surface area contributed by atoms with Crippen LogP contribution < -0.4 is 5.56 Å². The van der Waals surface area contributed by atoms with E-state index in [9.17, 15) is 4.79 Å². The van der Waals surface area contributed by atoms with Crippen LogP contribution >= 0.6 is 11.6 Å². The average Bonchev–Trinajstić information content (AvgIpc) is 2.90. The van der Waals surface area contributed by atoms with Gasteiger partial charge in [-0.3, -0.25) is 9.36 Å². The zero-order valence-electron chi connectivity index (χ0n) is 11.6. The Labute approximate surface area is 123 Å². The molecule has 20 heavy (non-hydrogen) atoms. The van der Waals surface area contributed by atoms with E-state index < -0.39 is 0 Å². The van der Waals surface area contributed by atoms with Gasteiger partial charge >= 0.3 is 0 Å². The van der Waals surface area contributed by atoms with Crippen LogP contribution in [0.2, 0.25) is 5.02 Å². The Morgan fingerprint density at radius 1 is 1.45 bits per heavy atom. The topological polar surface area (TPSA) is 38.1 Å². The molecule has 0 spiro atoms. The SMILES string of the molecule is CCN1CC[C@H](Cn2cnc3ccc(Cl)cc3c2=O)C1. The minimum Gasteiger partial charge on any atom is -0.303 e. The van der Waals surface area contributed by atoms with Crippen molar-refractivity contribution in [3.8, 4) is 0 Å². The van der Waals surface area contributed by atoms with Crippen LogP contribution in [0.25, 0.3) is 10.9 Å². The van der Waals surface area contributed by atoms with E-state index in [2.05, 4.69) is 16.8 Å². The molecule has 0 bridgehead atoms. The summed E-state index contributed by atoms with van der Waals surface area (Å²) in [6.45, 7) is 6.19. The highest BCUT2D eigenvalue weighted by molar-refractivity contribution is 6.31. The number of aromatic nitrogens is 2. The van der Waals surface area contributed by atoms with Gasteiger partial charge in [0.1, 0.15) is 0 Å². The van der Waals surface area contributed by atoms with Gasteiger partial charge in [-0.25, -0.2) is 4.98 Å². The molecular formula is C15H18ClN3O. The van der Waals surface area contributed by atoms with Gasteiger partial charge in [-0.2, -0.15) is 0 Å². The summed E-state index contributed by atoms with van der Waals surface area (Å²) in [5.41, 5.74) is 0.713. The second-order valence-corrected chi connectivity index (χ2v) is 5.85. The maximum absolute atomic E-state index is 12.5. The largest absolute Gasteiger partial charge is 0.303 e. The Kier molecular flexibility index (Phi) is 3.76. The van der Waals surface area contributed by atoms with Crippen molar-refractivity contribution in [3.63, 3.8) is 0 Å². The summed E-state index contributed by atoms with van der Waals surface area (Å²) in [6, 6.07) is 5.25. The number of nitrogens with zero attached hydrogens (tertiary/aromatic N) is 3. The summed E-state index contributed by atoms with van der Waals surface area (Å²) in [4.78, 5) is 19.2. The molecule has 0 unspecified atom stereocenters. The van der Waals surface area contributed by atoms with Crippen molar-refractivity contribution >= 4 is 22.5 Å². The number of benzene rings is 1. The molecule has 0 N–H and O–H groups in total. The molecule has 3 rings (SSSR count). The molecule has 1 aliphatic heterocycles. The number of fused-ring (bicyclic) bond motifs is 1. The van der Waals surface area contributed by atoms with Gasteiger partial charge in [0.05, 0.1) is 17.2 Å². The molecule has 2 heterocycles. The number of hydrogen-bond acceptors (Lipinski definition) is 3. The van der Waals surface area contributed by atoms with Gasteiger partial charge in [0.15, 0.2) is 0 Å². The standard InChI is InChI=1S/C15H18ClN3O/c1-2-18-6-5-11(8-18)9-19-10-17-14-4-3-12(16)7-13(14)15(19)20/h3-4,7,10-11H,2,5-6,8-9H2,1H3/t11-/m0/s1. The van der Waals surface area contributed by atoms with E-state index in [-0.39, 0.29) is 5.56 Å². The Bertz CT molecular complexity index is 682. The van der Waals surface area contributed by atoms with E-state index >= 15 is 0 Å². The fourth-order valence-corrected chi connectivity index (χ4v) is 3.06. The first-order chi connectivity index (χ1) is 9.67. The molecule has 2 aromatic rings. The van der Waals surface area contributed by atoms with Crippen LogP contribution in [0.4, 0.5) is 0 Å². The van der Waals surface area contributed by atoms with E-state index in [1.165, 1.54) is 0 Å². The van der Waals surface area contributed by atoms with Gasteiger partial charge in [-0.05, 0) is 43.6 Å². The molecule has 1 aromatic carbocycles. The minimum absolute atomic E-state index is 0.00690. The minimum atomic E-state index is 0.00690. The van der Waals surface area contributed by atoms with Crippen LogP contribution in [0.1, 0.15) is 13.3 Å². The molecule has 106 valence electrons. The van der Waals surface area contributed by atoms with E-state index in [0.717, 1.165) is 32.6 Å². The van der Waals surface area contributed by atoms with E-state index in [1.807, 2.05) is 0 Å². The van der Waals surface area contributed by atoms with Crippen molar-refractivity contribution in [3.05, 3.63) is 39.9 Å². The van der Waals surface area contributed by atoms with E-state index in [4.69, 9.17) is 11.6 Å². The van der Waals surface area contributed by atoms with Gasteiger partial charge in [0.2, 0.25) is 0 Å². The third-order valence-electron chi connectivity index (χ3n) is 4.06. The van der Waals surface area contributed by atoms with Crippen molar-refractivity contribution < 1.29 is 0 Å². The van der Waals surface area contributed by atoms with Crippen LogP contribution in [0, 0.1) is 5.92 Å². The lowest BCUT2D eigenvalue weighted by Gasteiger charge is -2.14. The number of halogens is 1. The number of likely N-dealkylation sites (tertiary alicyclic amines) is 1. The van der Waals surface area contributed by atoms with Gasteiger partial charge in [-0.15, -0.1) is 0 Å². The Morgan fingerprint density at radius 2 is 2.30 bits per heavy atom. The Balaban J connectivity index is 1.89. The Morgan fingerprint density at radius 3 is 3.05 bits per heavy atom. The summed E-state index contributed by atoms with van der Waals surface area (Å²) >= 11 is 5.97. The molecule has 1 fully saturated rings. The summed E-state index contributed by atoms with van der Waals surface area (Å²) in [5, 5.41) is 1.18. The van der Waals surface area contributed by atoms with Crippen molar-refractivity contribution in [2.45, 2.75) is 19.9 Å². The fraction of sp³-hybridized carbons (Fsp3) is 0.467. The van der Waals surface area contributed by atoms with Crippen LogP contribution in [-0.2, 0) is 6.54 Å². The molecule has 1 aromatic heterocycles. The first kappa shape index (κ1) is 13.6. The average molecular weight is 292 g/mol. The van der Waals surface area contributed by atoms with Crippen molar-refractivity contribution in [1.82, 2.24) is 14.5 Å². The lowest BCUT2D eigenvalue weighted by atomic mass is 10.1. The molecule has 0 saturated carbocycles. The van der Waals surface area contributed by atoms with Crippen molar-refractivity contribution in [1.29, 1.82) is 0 Å². The molecule has 1 aliphatic rings. The zero-order valence-corrected chi connectivity index (χ0v) is 12.3. The maximum Gasteiger partial charge on any atom is 0.261 e. The highest BCUT2D eigenvalue weighted by atomic mass is 35.5. The van der Waals surface area contributed by atoms with Crippen LogP contribution in [0.3, 0.4) is 0 Å². The molecule has 0 amide bonds. The first-order valence-electron chi connectivity index (χ1n) is 7.04. The molecular weight excluding hydrogens is 274 g/mol. The fourth-order valence-electron chi connectivity index (χ4n) is 2.89. The highest BCUT2D eigenvalue weighted by Crippen LogP contribution is 2.18. The van der Waals surface area contributed by atoms with Gasteiger partial charge < -0.3 is 4.90 Å². The van der Waals surface area contributed by atoms with Crippen LogP contribution in [-0.4, -0.2) is 34.1 Å². The summed E-state index contributed by atoms with van der Waals surface area (Å²) < 4.78 is 1.72. The third kappa shape index (κ3) is 2.58. The molecule has 0 aliphatic carbocycles. The van der Waals surface area contributed by atoms with E-state index in [0.29, 0.717) is 21.8 Å². The van der Waals surface area contributed by atoms with E-state index in [1.54, 1.807) is 29.1 Å². The highest BCUT2D eigenvalue weighted by Gasteiger charge is 2.22.